The molecule has 0 radical (unpaired) electrons. The predicted octanol–water partition coefficient (Wildman–Crippen LogP) is 0.970. The van der Waals surface area contributed by atoms with Crippen molar-refractivity contribution in [3.8, 4) is 0 Å². The summed E-state index contributed by atoms with van der Waals surface area (Å²) in [5.74, 6) is -0.339. The fourth-order valence-electron chi connectivity index (χ4n) is 1.17. The molecule has 15 heavy (non-hydrogen) atoms. The Labute approximate surface area is 88.7 Å². The third kappa shape index (κ3) is 3.67. The van der Waals surface area contributed by atoms with Gasteiger partial charge in [0, 0.05) is 6.54 Å². The Morgan fingerprint density at radius 1 is 1.47 bits per heavy atom. The van der Waals surface area contributed by atoms with Crippen LogP contribution in [0, 0.1) is 12.7 Å². The summed E-state index contributed by atoms with van der Waals surface area (Å²) in [7, 11) is 1.70. The minimum Gasteiger partial charge on any atom is -0.351 e. The van der Waals surface area contributed by atoms with Crippen molar-refractivity contribution < 1.29 is 9.18 Å². The molecule has 1 amide bonds. The fourth-order valence-corrected chi connectivity index (χ4v) is 1.17. The molecule has 0 aliphatic carbocycles. The Bertz CT molecular complexity index is 352. The highest BCUT2D eigenvalue weighted by Gasteiger charge is 2.01. The molecule has 1 aromatic carbocycles. The van der Waals surface area contributed by atoms with Crippen molar-refractivity contribution in [2.45, 2.75) is 13.5 Å². The van der Waals surface area contributed by atoms with E-state index in [1.807, 2.05) is 0 Å². The average molecular weight is 210 g/mol. The standard InChI is InChI=1S/C11H15FN2O/c1-8-3-4-9(5-10(8)12)6-14-11(15)7-13-2/h3-5,13H,6-7H2,1-2H3,(H,14,15). The quantitative estimate of drug-likeness (QED) is 0.777. The highest BCUT2D eigenvalue weighted by Crippen LogP contribution is 2.08. The molecular formula is C11H15FN2O. The molecular weight excluding hydrogens is 195 g/mol. The second kappa shape index (κ2) is 5.46. The van der Waals surface area contributed by atoms with E-state index in [4.69, 9.17) is 0 Å². The number of hydrogen-bond donors (Lipinski definition) is 2. The van der Waals surface area contributed by atoms with Crippen LogP contribution in [0.4, 0.5) is 4.39 Å². The summed E-state index contributed by atoms with van der Waals surface area (Å²) < 4.78 is 13.1. The molecule has 3 nitrogen and oxygen atoms in total. The molecule has 0 aliphatic heterocycles. The molecule has 82 valence electrons. The van der Waals surface area contributed by atoms with Gasteiger partial charge >= 0.3 is 0 Å². The number of nitrogens with one attached hydrogen (secondary N) is 2. The molecule has 0 spiro atoms. The Morgan fingerprint density at radius 2 is 2.20 bits per heavy atom. The fraction of sp³-hybridized carbons (Fsp3) is 0.364. The second-order valence-corrected chi connectivity index (χ2v) is 3.39. The number of aryl methyl sites for hydroxylation is 1. The summed E-state index contributed by atoms with van der Waals surface area (Å²) in [5.41, 5.74) is 1.38. The van der Waals surface area contributed by atoms with Gasteiger partial charge in [0.2, 0.25) is 5.91 Å². The lowest BCUT2D eigenvalue weighted by Gasteiger charge is -2.05. The normalized spacial score (nSPS) is 10.1. The minimum absolute atomic E-state index is 0.0986. The van der Waals surface area contributed by atoms with E-state index in [0.29, 0.717) is 12.1 Å². The van der Waals surface area contributed by atoms with Crippen LogP contribution in [-0.4, -0.2) is 19.5 Å². The van der Waals surface area contributed by atoms with E-state index in [-0.39, 0.29) is 18.3 Å². The van der Waals surface area contributed by atoms with Gasteiger partial charge in [-0.25, -0.2) is 4.39 Å². The van der Waals surface area contributed by atoms with Crippen LogP contribution in [0.15, 0.2) is 18.2 Å². The van der Waals surface area contributed by atoms with Gasteiger partial charge in [-0.2, -0.15) is 0 Å². The van der Waals surface area contributed by atoms with Crippen LogP contribution in [0.2, 0.25) is 0 Å². The summed E-state index contributed by atoms with van der Waals surface area (Å²) in [5, 5.41) is 5.42. The average Bonchev–Trinajstić information content (AvgIpc) is 2.20. The van der Waals surface area contributed by atoms with Crippen molar-refractivity contribution in [1.29, 1.82) is 0 Å². The lowest BCUT2D eigenvalue weighted by atomic mass is 10.1. The minimum atomic E-state index is -0.240. The largest absolute Gasteiger partial charge is 0.351 e. The third-order valence-electron chi connectivity index (χ3n) is 2.06. The molecule has 0 saturated carbocycles. The van der Waals surface area contributed by atoms with Gasteiger partial charge < -0.3 is 10.6 Å². The first-order chi connectivity index (χ1) is 7.13. The molecule has 0 saturated heterocycles. The number of amides is 1. The van der Waals surface area contributed by atoms with Crippen LogP contribution in [-0.2, 0) is 11.3 Å². The molecule has 0 atom stereocenters. The molecule has 0 fully saturated rings. The van der Waals surface area contributed by atoms with Crippen LogP contribution in [0.3, 0.4) is 0 Å². The number of hydrogen-bond acceptors (Lipinski definition) is 2. The first-order valence-electron chi connectivity index (χ1n) is 4.80. The van der Waals surface area contributed by atoms with Crippen LogP contribution in [0.5, 0.6) is 0 Å². The molecule has 0 aromatic heterocycles. The number of benzene rings is 1. The maximum absolute atomic E-state index is 13.1. The highest BCUT2D eigenvalue weighted by molar-refractivity contribution is 5.77. The van der Waals surface area contributed by atoms with Crippen LogP contribution in [0.25, 0.3) is 0 Å². The van der Waals surface area contributed by atoms with Crippen molar-refractivity contribution in [1.82, 2.24) is 10.6 Å². The lowest BCUT2D eigenvalue weighted by Crippen LogP contribution is -2.31. The molecule has 0 bridgehead atoms. The maximum Gasteiger partial charge on any atom is 0.234 e. The first-order valence-corrected chi connectivity index (χ1v) is 4.80. The molecule has 0 unspecified atom stereocenters. The van der Waals surface area contributed by atoms with Gasteiger partial charge in [0.25, 0.3) is 0 Å². The van der Waals surface area contributed by atoms with Crippen molar-refractivity contribution in [3.63, 3.8) is 0 Å². The topological polar surface area (TPSA) is 41.1 Å². The van der Waals surface area contributed by atoms with E-state index in [0.717, 1.165) is 5.56 Å². The maximum atomic E-state index is 13.1. The molecule has 0 aliphatic rings. The predicted molar refractivity (Wildman–Crippen MR) is 56.9 cm³/mol. The van der Waals surface area contributed by atoms with Gasteiger partial charge in [-0.3, -0.25) is 4.79 Å². The zero-order valence-electron chi connectivity index (χ0n) is 8.93. The van der Waals surface area contributed by atoms with E-state index < -0.39 is 0 Å². The van der Waals surface area contributed by atoms with E-state index in [1.54, 1.807) is 26.1 Å². The second-order valence-electron chi connectivity index (χ2n) is 3.39. The molecule has 4 heteroatoms. The number of carbonyl (C=O) groups excluding carboxylic acids is 1. The van der Waals surface area contributed by atoms with E-state index in [1.165, 1.54) is 6.07 Å². The van der Waals surface area contributed by atoms with Gasteiger partial charge in [-0.1, -0.05) is 12.1 Å². The zero-order chi connectivity index (χ0) is 11.3. The highest BCUT2D eigenvalue weighted by atomic mass is 19.1. The summed E-state index contributed by atoms with van der Waals surface area (Å²) >= 11 is 0. The molecule has 2 N–H and O–H groups in total. The van der Waals surface area contributed by atoms with Crippen molar-refractivity contribution >= 4 is 5.91 Å². The van der Waals surface area contributed by atoms with E-state index in [9.17, 15) is 9.18 Å². The number of rotatable bonds is 4. The Balaban J connectivity index is 2.51. The molecule has 0 heterocycles. The van der Waals surface area contributed by atoms with Gasteiger partial charge in [0.15, 0.2) is 0 Å². The summed E-state index contributed by atoms with van der Waals surface area (Å²) in [4.78, 5) is 11.1. The van der Waals surface area contributed by atoms with Gasteiger partial charge in [0.05, 0.1) is 6.54 Å². The number of likely N-dealkylation sites (N-methyl/N-ethyl adjacent to an activating group) is 1. The van der Waals surface area contributed by atoms with Gasteiger partial charge in [-0.15, -0.1) is 0 Å². The van der Waals surface area contributed by atoms with E-state index >= 15 is 0 Å². The third-order valence-corrected chi connectivity index (χ3v) is 2.06. The lowest BCUT2D eigenvalue weighted by molar-refractivity contribution is -0.120. The van der Waals surface area contributed by atoms with Gasteiger partial charge in [-0.05, 0) is 31.2 Å². The molecule has 1 aromatic rings. The Hall–Kier alpha value is -1.42. The first kappa shape index (κ1) is 11.7. The summed E-state index contributed by atoms with van der Waals surface area (Å²) in [6, 6.07) is 4.95. The van der Waals surface area contributed by atoms with Crippen molar-refractivity contribution in [3.05, 3.63) is 35.1 Å². The van der Waals surface area contributed by atoms with Crippen molar-refractivity contribution in [2.24, 2.45) is 0 Å². The Kier molecular flexibility index (Phi) is 4.24. The monoisotopic (exact) mass is 210 g/mol. The summed E-state index contributed by atoms with van der Waals surface area (Å²) in [6.45, 7) is 2.34. The van der Waals surface area contributed by atoms with Gasteiger partial charge in [0.1, 0.15) is 5.82 Å². The number of carbonyl (C=O) groups is 1. The SMILES string of the molecule is CNCC(=O)NCc1ccc(C)c(F)c1. The van der Waals surface area contributed by atoms with Crippen molar-refractivity contribution in [2.75, 3.05) is 13.6 Å². The molecule has 1 rings (SSSR count). The Morgan fingerprint density at radius 3 is 2.80 bits per heavy atom. The zero-order valence-corrected chi connectivity index (χ0v) is 8.93. The number of halogens is 1. The summed E-state index contributed by atoms with van der Waals surface area (Å²) in [6.07, 6.45) is 0. The van der Waals surface area contributed by atoms with Crippen LogP contribution >= 0.6 is 0 Å². The van der Waals surface area contributed by atoms with Crippen LogP contribution < -0.4 is 10.6 Å². The van der Waals surface area contributed by atoms with E-state index in [2.05, 4.69) is 10.6 Å². The van der Waals surface area contributed by atoms with Crippen LogP contribution in [0.1, 0.15) is 11.1 Å². The smallest absolute Gasteiger partial charge is 0.234 e.